The standard InChI is InChI=1S/C22H5BF12O2/c24-7-3-4-11(6-5-10(27)15(29)16(30)12(6)7)36-23(13-8(25)1-2-9(26)14(13)28)37-22-20(34)18(32)17(31)19(33)21(22)35/h1-5H. The van der Waals surface area contributed by atoms with Crippen molar-refractivity contribution >= 4 is 23.4 Å². The largest absolute Gasteiger partial charge is 0.639 e. The second-order valence-corrected chi connectivity index (χ2v) is 7.18. The van der Waals surface area contributed by atoms with E-state index in [-0.39, 0.29) is 18.2 Å². The van der Waals surface area contributed by atoms with E-state index in [0.29, 0.717) is 12.1 Å². The lowest BCUT2D eigenvalue weighted by atomic mass is 9.77. The lowest BCUT2D eigenvalue weighted by Gasteiger charge is -2.20. The maximum absolute atomic E-state index is 14.5. The van der Waals surface area contributed by atoms with Crippen LogP contribution in [-0.4, -0.2) is 7.12 Å². The van der Waals surface area contributed by atoms with E-state index in [0.717, 1.165) is 0 Å². The summed E-state index contributed by atoms with van der Waals surface area (Å²) in [5, 5.41) is -2.22. The molecule has 0 aliphatic rings. The topological polar surface area (TPSA) is 18.5 Å². The molecular formula is C22H5BF12O2. The molecule has 0 N–H and O–H groups in total. The van der Waals surface area contributed by atoms with Crippen LogP contribution in [0.5, 0.6) is 11.5 Å². The van der Waals surface area contributed by atoms with Crippen LogP contribution in [0.25, 0.3) is 10.8 Å². The number of hydrogen-bond donors (Lipinski definition) is 0. The number of fused-ring (bicyclic) bond motifs is 1. The van der Waals surface area contributed by atoms with Crippen LogP contribution in [0.3, 0.4) is 0 Å². The van der Waals surface area contributed by atoms with Crippen molar-refractivity contribution in [2.24, 2.45) is 0 Å². The minimum atomic E-state index is -2.96. The summed E-state index contributed by atoms with van der Waals surface area (Å²) < 4.78 is 177. The van der Waals surface area contributed by atoms with E-state index in [1.54, 1.807) is 0 Å². The Hall–Kier alpha value is -4.04. The van der Waals surface area contributed by atoms with Gasteiger partial charge in [0.15, 0.2) is 34.8 Å². The van der Waals surface area contributed by atoms with Crippen molar-refractivity contribution in [2.75, 3.05) is 0 Å². The molecular weight excluding hydrogens is 535 g/mol. The molecule has 2 nitrogen and oxygen atoms in total. The first-order valence-corrected chi connectivity index (χ1v) is 9.58. The minimum absolute atomic E-state index is 0.167. The van der Waals surface area contributed by atoms with E-state index in [9.17, 15) is 52.7 Å². The number of rotatable bonds is 5. The molecule has 0 bridgehead atoms. The molecule has 0 amide bonds. The van der Waals surface area contributed by atoms with Gasteiger partial charge in [-0.05, 0) is 30.3 Å². The van der Waals surface area contributed by atoms with Crippen molar-refractivity contribution in [3.63, 3.8) is 0 Å². The molecule has 0 heterocycles. The highest BCUT2D eigenvalue weighted by Gasteiger charge is 2.39. The van der Waals surface area contributed by atoms with E-state index in [1.807, 2.05) is 0 Å². The lowest BCUT2D eigenvalue weighted by Crippen LogP contribution is -2.47. The van der Waals surface area contributed by atoms with Crippen molar-refractivity contribution in [1.82, 2.24) is 0 Å². The van der Waals surface area contributed by atoms with E-state index in [1.165, 1.54) is 0 Å². The molecule has 0 aliphatic heterocycles. The predicted octanol–water partition coefficient (Wildman–Crippen LogP) is 6.36. The Balaban J connectivity index is 1.96. The molecule has 0 aliphatic carbocycles. The van der Waals surface area contributed by atoms with E-state index in [4.69, 9.17) is 4.65 Å². The van der Waals surface area contributed by atoms with Gasteiger partial charge in [-0.25, -0.2) is 43.9 Å². The van der Waals surface area contributed by atoms with Gasteiger partial charge in [-0.2, -0.15) is 8.78 Å². The second kappa shape index (κ2) is 9.44. The molecule has 4 aromatic carbocycles. The maximum Gasteiger partial charge on any atom is 0.639 e. The number of halogens is 12. The average molecular weight is 540 g/mol. The Labute approximate surface area is 197 Å². The molecule has 37 heavy (non-hydrogen) atoms. The zero-order valence-corrected chi connectivity index (χ0v) is 17.3. The van der Waals surface area contributed by atoms with Crippen LogP contribution in [0.2, 0.25) is 0 Å². The van der Waals surface area contributed by atoms with Gasteiger partial charge in [0.1, 0.15) is 17.4 Å². The number of hydrogen-bond acceptors (Lipinski definition) is 2. The van der Waals surface area contributed by atoms with Gasteiger partial charge in [0.25, 0.3) is 0 Å². The van der Waals surface area contributed by atoms with Gasteiger partial charge in [0.2, 0.25) is 29.1 Å². The molecule has 192 valence electrons. The monoisotopic (exact) mass is 540 g/mol. The summed E-state index contributed by atoms with van der Waals surface area (Å²) in [4.78, 5) is 0. The van der Waals surface area contributed by atoms with Crippen LogP contribution in [0.15, 0.2) is 30.3 Å². The zero-order valence-electron chi connectivity index (χ0n) is 17.3. The van der Waals surface area contributed by atoms with Crippen molar-refractivity contribution in [2.45, 2.75) is 0 Å². The fraction of sp³-hybridized carbons (Fsp3) is 0. The quantitative estimate of drug-likeness (QED) is 0.127. The van der Waals surface area contributed by atoms with Crippen LogP contribution in [0.4, 0.5) is 52.7 Å². The Morgan fingerprint density at radius 3 is 1.62 bits per heavy atom. The molecule has 0 radical (unpaired) electrons. The molecule has 15 heteroatoms. The molecule has 0 saturated carbocycles. The van der Waals surface area contributed by atoms with Crippen LogP contribution in [0.1, 0.15) is 0 Å². The molecule has 0 fully saturated rings. The average Bonchev–Trinajstić information content (AvgIpc) is 2.86. The van der Waals surface area contributed by atoms with Crippen LogP contribution < -0.4 is 14.8 Å². The van der Waals surface area contributed by atoms with Crippen molar-refractivity contribution in [3.8, 4) is 11.5 Å². The summed E-state index contributed by atoms with van der Waals surface area (Å²) in [5.41, 5.74) is -1.63. The highest BCUT2D eigenvalue weighted by atomic mass is 19.2. The van der Waals surface area contributed by atoms with E-state index < -0.39 is 105 Å². The summed E-state index contributed by atoms with van der Waals surface area (Å²) in [5.74, 6) is -29.3. The van der Waals surface area contributed by atoms with Crippen molar-refractivity contribution in [1.29, 1.82) is 0 Å². The zero-order chi connectivity index (χ0) is 27.3. The fourth-order valence-corrected chi connectivity index (χ4v) is 3.26. The Bertz CT molecular complexity index is 1550. The lowest BCUT2D eigenvalue weighted by molar-refractivity contribution is 0.334. The van der Waals surface area contributed by atoms with Gasteiger partial charge < -0.3 is 9.31 Å². The minimum Gasteiger partial charge on any atom is -0.521 e. The SMILES string of the molecule is Fc1ccc(F)c(B(Oc2c(F)c(F)c(F)c(F)c2F)Oc2ccc(F)c3c(F)c(F)c(F)cc23)c1F. The molecule has 0 aromatic heterocycles. The maximum atomic E-state index is 14.5. The molecule has 0 saturated heterocycles. The third-order valence-corrected chi connectivity index (χ3v) is 4.99. The highest BCUT2D eigenvalue weighted by Crippen LogP contribution is 2.34. The summed E-state index contributed by atoms with van der Waals surface area (Å²) in [7, 11) is -2.96. The third kappa shape index (κ3) is 4.27. The van der Waals surface area contributed by atoms with Crippen molar-refractivity contribution < 1.29 is 62.0 Å². The first-order valence-electron chi connectivity index (χ1n) is 9.58. The Morgan fingerprint density at radius 1 is 0.459 bits per heavy atom. The molecule has 4 aromatic rings. The summed E-state index contributed by atoms with van der Waals surface area (Å²) in [6.45, 7) is 0. The predicted molar refractivity (Wildman–Crippen MR) is 103 cm³/mol. The Kier molecular flexibility index (Phi) is 6.65. The van der Waals surface area contributed by atoms with Gasteiger partial charge in [0.05, 0.1) is 10.8 Å². The smallest absolute Gasteiger partial charge is 0.521 e. The first kappa shape index (κ1) is 26.0. The normalized spacial score (nSPS) is 11.2. The van der Waals surface area contributed by atoms with Crippen molar-refractivity contribution in [3.05, 3.63) is 100 Å². The molecule has 0 unspecified atom stereocenters. The number of benzene rings is 4. The van der Waals surface area contributed by atoms with E-state index in [2.05, 4.69) is 4.65 Å². The third-order valence-electron chi connectivity index (χ3n) is 4.99. The molecule has 4 rings (SSSR count). The van der Waals surface area contributed by atoms with Gasteiger partial charge in [-0.15, -0.1) is 0 Å². The fourth-order valence-electron chi connectivity index (χ4n) is 3.26. The summed E-state index contributed by atoms with van der Waals surface area (Å²) in [6.07, 6.45) is 0. The summed E-state index contributed by atoms with van der Waals surface area (Å²) in [6, 6.07) is 1.62. The van der Waals surface area contributed by atoms with E-state index >= 15 is 0 Å². The highest BCUT2D eigenvalue weighted by molar-refractivity contribution is 6.63. The summed E-state index contributed by atoms with van der Waals surface area (Å²) >= 11 is 0. The molecule has 0 spiro atoms. The van der Waals surface area contributed by atoms with Crippen LogP contribution >= 0.6 is 0 Å². The first-order chi connectivity index (χ1) is 17.3. The van der Waals surface area contributed by atoms with Gasteiger partial charge in [-0.3, -0.25) is 0 Å². The van der Waals surface area contributed by atoms with Gasteiger partial charge >= 0.3 is 7.12 Å². The van der Waals surface area contributed by atoms with Gasteiger partial charge in [-0.1, -0.05) is 0 Å². The molecule has 0 atom stereocenters. The second-order valence-electron chi connectivity index (χ2n) is 7.18. The van der Waals surface area contributed by atoms with Crippen LogP contribution in [0, 0.1) is 69.8 Å². The van der Waals surface area contributed by atoms with Crippen LogP contribution in [-0.2, 0) is 0 Å². The Morgan fingerprint density at radius 2 is 1.00 bits per heavy atom. The van der Waals surface area contributed by atoms with Gasteiger partial charge in [0, 0.05) is 5.39 Å².